The number of rotatable bonds is 5. The molecule has 0 radical (unpaired) electrons. The molecule has 1 heterocycles. The van der Waals surface area contributed by atoms with Gasteiger partial charge < -0.3 is 9.16 Å². The molecule has 2 rings (SSSR count). The molecule has 1 aliphatic carbocycles. The Hall–Kier alpha value is -1.31. The molecule has 1 aromatic rings. The molecule has 3 nitrogen and oxygen atoms in total. The first kappa shape index (κ1) is 18.0. The van der Waals surface area contributed by atoms with Crippen molar-refractivity contribution < 1.29 is 9.16 Å². The van der Waals surface area contributed by atoms with E-state index >= 15 is 0 Å². The number of hydrogen-bond acceptors (Lipinski definition) is 3. The average molecular weight is 332 g/mol. The van der Waals surface area contributed by atoms with Gasteiger partial charge in [0.1, 0.15) is 0 Å². The third kappa shape index (κ3) is 5.09. The van der Waals surface area contributed by atoms with Gasteiger partial charge in [0, 0.05) is 6.42 Å². The second kappa shape index (κ2) is 7.07. The van der Waals surface area contributed by atoms with Gasteiger partial charge in [0.2, 0.25) is 0 Å². The van der Waals surface area contributed by atoms with Gasteiger partial charge in [-0.05, 0) is 43.0 Å². The highest BCUT2D eigenvalue weighted by atomic mass is 28.4. The topological polar surface area (TPSA) is 31.4 Å². The molecule has 0 spiro atoms. The predicted octanol–water partition coefficient (Wildman–Crippen LogP) is 4.76. The normalized spacial score (nSPS) is 15.0. The van der Waals surface area contributed by atoms with Crippen molar-refractivity contribution >= 4 is 8.32 Å². The van der Waals surface area contributed by atoms with E-state index in [1.807, 2.05) is 6.07 Å². The molecular weight excluding hydrogens is 302 g/mol. The maximum atomic E-state index is 6.25. The SMILES string of the molecule is COc1cnc(CO[Si](C)(C)C(C)(C)C)cc1C#CCC1CC1. The summed E-state index contributed by atoms with van der Waals surface area (Å²) in [6.07, 6.45) is 5.40. The molecule has 0 atom stereocenters. The van der Waals surface area contributed by atoms with Crippen molar-refractivity contribution in [3.8, 4) is 17.6 Å². The van der Waals surface area contributed by atoms with Crippen LogP contribution in [0.1, 0.15) is 51.3 Å². The number of ether oxygens (including phenoxy) is 1. The Morgan fingerprint density at radius 2 is 2.00 bits per heavy atom. The maximum absolute atomic E-state index is 6.25. The van der Waals surface area contributed by atoms with Crippen molar-refractivity contribution in [2.45, 2.75) is 64.8 Å². The molecule has 1 fully saturated rings. The molecule has 0 bridgehead atoms. The lowest BCUT2D eigenvalue weighted by Crippen LogP contribution is -2.40. The van der Waals surface area contributed by atoms with Gasteiger partial charge in [-0.1, -0.05) is 32.6 Å². The highest BCUT2D eigenvalue weighted by Gasteiger charge is 2.37. The van der Waals surface area contributed by atoms with Crippen molar-refractivity contribution in [1.82, 2.24) is 4.98 Å². The zero-order chi connectivity index (χ0) is 17.1. The molecule has 1 aliphatic rings. The Labute approximate surface area is 141 Å². The predicted molar refractivity (Wildman–Crippen MR) is 97.0 cm³/mol. The Balaban J connectivity index is 2.08. The summed E-state index contributed by atoms with van der Waals surface area (Å²) >= 11 is 0. The van der Waals surface area contributed by atoms with Crippen molar-refractivity contribution in [2.24, 2.45) is 5.92 Å². The summed E-state index contributed by atoms with van der Waals surface area (Å²) in [4.78, 5) is 4.46. The number of methoxy groups -OCH3 is 1. The summed E-state index contributed by atoms with van der Waals surface area (Å²) in [6.45, 7) is 11.8. The van der Waals surface area contributed by atoms with Gasteiger partial charge in [-0.25, -0.2) is 0 Å². The Morgan fingerprint density at radius 1 is 1.30 bits per heavy atom. The first-order chi connectivity index (χ1) is 10.7. The van der Waals surface area contributed by atoms with Crippen LogP contribution in [0.25, 0.3) is 0 Å². The van der Waals surface area contributed by atoms with Crippen LogP contribution in [0.15, 0.2) is 12.3 Å². The molecule has 126 valence electrons. The van der Waals surface area contributed by atoms with Crippen LogP contribution in [-0.2, 0) is 11.0 Å². The quantitative estimate of drug-likeness (QED) is 0.575. The smallest absolute Gasteiger partial charge is 0.192 e. The molecule has 0 N–H and O–H groups in total. The third-order valence-corrected chi connectivity index (χ3v) is 9.32. The second-order valence-electron chi connectivity index (χ2n) is 7.87. The van der Waals surface area contributed by atoms with Gasteiger partial charge in [0.25, 0.3) is 0 Å². The first-order valence-electron chi connectivity index (χ1n) is 8.38. The molecule has 0 saturated heterocycles. The molecule has 0 unspecified atom stereocenters. The summed E-state index contributed by atoms with van der Waals surface area (Å²) in [6, 6.07) is 2.01. The van der Waals surface area contributed by atoms with Crippen LogP contribution in [0.5, 0.6) is 5.75 Å². The van der Waals surface area contributed by atoms with Crippen LogP contribution in [0.4, 0.5) is 0 Å². The molecule has 4 heteroatoms. The summed E-state index contributed by atoms with van der Waals surface area (Å²) < 4.78 is 11.6. The van der Waals surface area contributed by atoms with E-state index in [0.717, 1.165) is 29.3 Å². The molecule has 23 heavy (non-hydrogen) atoms. The minimum Gasteiger partial charge on any atom is -0.494 e. The third-order valence-electron chi connectivity index (χ3n) is 4.84. The summed E-state index contributed by atoms with van der Waals surface area (Å²) in [7, 11) is -0.105. The standard InChI is InChI=1S/C19H29NO2Si/c1-19(2,3)23(5,6)22-14-17-12-16(18(21-4)13-20-17)9-7-8-15-10-11-15/h12-13,15H,8,10-11,14H2,1-6H3. The fraction of sp³-hybridized carbons (Fsp3) is 0.632. The van der Waals surface area contributed by atoms with E-state index < -0.39 is 8.32 Å². The molecule has 1 saturated carbocycles. The van der Waals surface area contributed by atoms with Crippen LogP contribution < -0.4 is 4.74 Å². The van der Waals surface area contributed by atoms with E-state index in [1.165, 1.54) is 12.8 Å². The zero-order valence-electron chi connectivity index (χ0n) is 15.3. The van der Waals surface area contributed by atoms with Gasteiger partial charge in [-0.15, -0.1) is 0 Å². The number of hydrogen-bond donors (Lipinski definition) is 0. The minimum absolute atomic E-state index is 0.201. The van der Waals surface area contributed by atoms with E-state index in [4.69, 9.17) is 9.16 Å². The van der Waals surface area contributed by atoms with Gasteiger partial charge >= 0.3 is 0 Å². The highest BCUT2D eigenvalue weighted by Crippen LogP contribution is 2.37. The van der Waals surface area contributed by atoms with Crippen LogP contribution in [0.3, 0.4) is 0 Å². The van der Waals surface area contributed by atoms with Crippen molar-refractivity contribution in [2.75, 3.05) is 7.11 Å². The van der Waals surface area contributed by atoms with Gasteiger partial charge in [-0.3, -0.25) is 4.98 Å². The van der Waals surface area contributed by atoms with E-state index in [0.29, 0.717) is 6.61 Å². The average Bonchev–Trinajstić information content (AvgIpc) is 3.28. The highest BCUT2D eigenvalue weighted by molar-refractivity contribution is 6.74. The maximum Gasteiger partial charge on any atom is 0.192 e. The first-order valence-corrected chi connectivity index (χ1v) is 11.3. The number of pyridine rings is 1. The van der Waals surface area contributed by atoms with Crippen molar-refractivity contribution in [3.63, 3.8) is 0 Å². The van der Waals surface area contributed by atoms with Gasteiger partial charge in [0.05, 0.1) is 31.2 Å². The van der Waals surface area contributed by atoms with Crippen LogP contribution in [-0.4, -0.2) is 20.4 Å². The van der Waals surface area contributed by atoms with E-state index in [-0.39, 0.29) is 5.04 Å². The summed E-state index contributed by atoms with van der Waals surface area (Å²) in [5, 5.41) is 0.201. The van der Waals surface area contributed by atoms with E-state index in [9.17, 15) is 0 Å². The van der Waals surface area contributed by atoms with Crippen LogP contribution in [0, 0.1) is 17.8 Å². The molecule has 0 amide bonds. The minimum atomic E-state index is -1.77. The largest absolute Gasteiger partial charge is 0.494 e. The lowest BCUT2D eigenvalue weighted by Gasteiger charge is -2.36. The van der Waals surface area contributed by atoms with Crippen LogP contribution >= 0.6 is 0 Å². The van der Waals surface area contributed by atoms with Crippen molar-refractivity contribution in [1.29, 1.82) is 0 Å². The molecule has 1 aromatic heterocycles. The lowest BCUT2D eigenvalue weighted by atomic mass is 10.2. The van der Waals surface area contributed by atoms with E-state index in [2.05, 4.69) is 50.7 Å². The Morgan fingerprint density at radius 3 is 2.57 bits per heavy atom. The van der Waals surface area contributed by atoms with Crippen LogP contribution in [0.2, 0.25) is 18.1 Å². The number of aromatic nitrogens is 1. The van der Waals surface area contributed by atoms with Crippen molar-refractivity contribution in [3.05, 3.63) is 23.5 Å². The van der Waals surface area contributed by atoms with Gasteiger partial charge in [-0.2, -0.15) is 0 Å². The summed E-state index contributed by atoms with van der Waals surface area (Å²) in [5.41, 5.74) is 1.84. The second-order valence-corrected chi connectivity index (χ2v) is 12.7. The molecule has 0 aliphatic heterocycles. The van der Waals surface area contributed by atoms with E-state index in [1.54, 1.807) is 13.3 Å². The summed E-state index contributed by atoms with van der Waals surface area (Å²) in [5.74, 6) is 8.07. The Bertz CT molecular complexity index is 604. The van der Waals surface area contributed by atoms with Gasteiger partial charge in [0.15, 0.2) is 14.1 Å². The molecular formula is C19H29NO2Si. The fourth-order valence-electron chi connectivity index (χ4n) is 1.91. The lowest BCUT2D eigenvalue weighted by molar-refractivity contribution is 0.271. The fourth-order valence-corrected chi connectivity index (χ4v) is 2.85. The Kier molecular flexibility index (Phi) is 5.54. The monoisotopic (exact) mass is 331 g/mol. The molecule has 0 aromatic carbocycles. The number of nitrogens with zero attached hydrogens (tertiary/aromatic N) is 1. The zero-order valence-corrected chi connectivity index (χ0v) is 16.3.